The van der Waals surface area contributed by atoms with E-state index < -0.39 is 6.03 Å². The number of carbonyl (C=O) groups excluding carboxylic acids is 1. The number of hydrogen-bond acceptors (Lipinski definition) is 3. The van der Waals surface area contributed by atoms with Gasteiger partial charge in [0.1, 0.15) is 0 Å². The normalized spacial score (nSPS) is 12.9. The number of hydrazone groups is 2. The molecule has 5 nitrogen and oxygen atoms in total. The van der Waals surface area contributed by atoms with E-state index >= 15 is 0 Å². The van der Waals surface area contributed by atoms with Crippen LogP contribution in [0.15, 0.2) is 70.9 Å². The maximum Gasteiger partial charge on any atom is 0.355 e. The minimum absolute atomic E-state index is 0.157. The lowest BCUT2D eigenvalue weighted by Crippen LogP contribution is -2.31. The van der Waals surface area contributed by atoms with Crippen molar-refractivity contribution < 1.29 is 4.79 Å². The van der Waals surface area contributed by atoms with E-state index in [0.717, 1.165) is 22.6 Å². The Labute approximate surface area is 192 Å². The van der Waals surface area contributed by atoms with E-state index in [0.29, 0.717) is 0 Å². The van der Waals surface area contributed by atoms with Crippen LogP contribution in [-0.2, 0) is 0 Å². The SMILES string of the molecule is Cc1ccc(/C=C\C(=N\NC(=O)N/N=C(\C=C\c2ccc(C)cc2)C(C)C)C(C)C)cc1. The fourth-order valence-electron chi connectivity index (χ4n) is 2.69. The fraction of sp³-hybridized carbons (Fsp3) is 0.296. The molecule has 5 heteroatoms. The maximum absolute atomic E-state index is 12.2. The highest BCUT2D eigenvalue weighted by Crippen LogP contribution is 2.08. The van der Waals surface area contributed by atoms with Gasteiger partial charge >= 0.3 is 6.03 Å². The number of allylic oxidation sites excluding steroid dienone is 2. The molecule has 2 rings (SSSR count). The second-order valence-corrected chi connectivity index (χ2v) is 8.42. The predicted molar refractivity (Wildman–Crippen MR) is 137 cm³/mol. The summed E-state index contributed by atoms with van der Waals surface area (Å²) in [6.07, 6.45) is 7.82. The van der Waals surface area contributed by atoms with Crippen LogP contribution in [0.2, 0.25) is 0 Å². The summed E-state index contributed by atoms with van der Waals surface area (Å²) in [5.41, 5.74) is 11.2. The molecule has 2 N–H and O–H groups in total. The highest BCUT2D eigenvalue weighted by Gasteiger charge is 2.05. The minimum atomic E-state index is -0.478. The van der Waals surface area contributed by atoms with Crippen LogP contribution < -0.4 is 10.9 Å². The molecule has 0 atom stereocenters. The molecule has 32 heavy (non-hydrogen) atoms. The Kier molecular flexibility index (Phi) is 9.61. The van der Waals surface area contributed by atoms with Crippen molar-refractivity contribution in [1.29, 1.82) is 0 Å². The molecule has 0 saturated heterocycles. The fourth-order valence-corrected chi connectivity index (χ4v) is 2.69. The summed E-state index contributed by atoms with van der Waals surface area (Å²) in [6.45, 7) is 12.2. The lowest BCUT2D eigenvalue weighted by Gasteiger charge is -2.08. The largest absolute Gasteiger partial charge is 0.355 e. The summed E-state index contributed by atoms with van der Waals surface area (Å²) in [5, 5.41) is 8.52. The molecule has 0 fully saturated rings. The maximum atomic E-state index is 12.2. The first kappa shape index (κ1) is 24.8. The molecule has 0 bridgehead atoms. The van der Waals surface area contributed by atoms with E-state index in [1.807, 2.05) is 52.0 Å². The quantitative estimate of drug-likeness (QED) is 0.372. The number of rotatable bonds is 8. The van der Waals surface area contributed by atoms with E-state index in [9.17, 15) is 4.79 Å². The van der Waals surface area contributed by atoms with Crippen molar-refractivity contribution in [3.8, 4) is 0 Å². The number of nitrogens with one attached hydrogen (secondary N) is 2. The van der Waals surface area contributed by atoms with Crippen LogP contribution in [0.3, 0.4) is 0 Å². The van der Waals surface area contributed by atoms with E-state index in [-0.39, 0.29) is 11.8 Å². The van der Waals surface area contributed by atoms with Crippen LogP contribution in [0.4, 0.5) is 4.79 Å². The Hall–Kier alpha value is -3.47. The molecule has 2 aromatic rings. The van der Waals surface area contributed by atoms with Crippen molar-refractivity contribution in [3.05, 3.63) is 82.9 Å². The standard InChI is InChI=1S/C27H34N4O/c1-19(2)25(17-15-23-11-7-21(5)8-12-23)28-30-27(32)31-29-26(20(3)4)18-16-24-13-9-22(6)10-14-24/h7-20H,1-6H3,(H2,30,31,32)/b17-15-,18-16+,28-25-,29-26+. The molecule has 0 aliphatic rings. The Morgan fingerprint density at radius 1 is 0.688 bits per heavy atom. The molecule has 0 unspecified atom stereocenters. The molecule has 0 aliphatic carbocycles. The van der Waals surface area contributed by atoms with Gasteiger partial charge in [0.2, 0.25) is 0 Å². The molecule has 0 aliphatic heterocycles. The average molecular weight is 431 g/mol. The van der Waals surface area contributed by atoms with Gasteiger partial charge in [0.05, 0.1) is 11.4 Å². The molecule has 0 radical (unpaired) electrons. The Balaban J connectivity index is 2.01. The molecular formula is C27H34N4O. The third-order valence-electron chi connectivity index (χ3n) is 4.80. The smallest absolute Gasteiger partial charge is 0.245 e. The van der Waals surface area contributed by atoms with Crippen LogP contribution in [0.5, 0.6) is 0 Å². The highest BCUT2D eigenvalue weighted by molar-refractivity contribution is 6.01. The number of carbonyl (C=O) groups is 1. The number of hydrogen-bond donors (Lipinski definition) is 2. The van der Waals surface area contributed by atoms with Gasteiger partial charge in [-0.3, -0.25) is 0 Å². The van der Waals surface area contributed by atoms with Crippen molar-refractivity contribution in [1.82, 2.24) is 10.9 Å². The lowest BCUT2D eigenvalue weighted by atomic mass is 10.1. The molecule has 2 aromatic carbocycles. The van der Waals surface area contributed by atoms with Crippen LogP contribution in [0, 0.1) is 25.7 Å². The Morgan fingerprint density at radius 2 is 1.03 bits per heavy atom. The van der Waals surface area contributed by atoms with Crippen molar-refractivity contribution in [3.63, 3.8) is 0 Å². The Morgan fingerprint density at radius 3 is 1.34 bits per heavy atom. The predicted octanol–water partition coefficient (Wildman–Crippen LogP) is 6.35. The first-order valence-electron chi connectivity index (χ1n) is 10.9. The van der Waals surface area contributed by atoms with Gasteiger partial charge in [-0.15, -0.1) is 0 Å². The number of nitrogens with zero attached hydrogens (tertiary/aromatic N) is 2. The van der Waals surface area contributed by atoms with Crippen molar-refractivity contribution >= 4 is 29.6 Å². The molecule has 168 valence electrons. The van der Waals surface area contributed by atoms with Gasteiger partial charge in [0.15, 0.2) is 0 Å². The second kappa shape index (κ2) is 12.4. The van der Waals surface area contributed by atoms with Crippen LogP contribution >= 0.6 is 0 Å². The van der Waals surface area contributed by atoms with Gasteiger partial charge in [-0.05, 0) is 49.0 Å². The van der Waals surface area contributed by atoms with E-state index in [1.54, 1.807) is 0 Å². The summed E-state index contributed by atoms with van der Waals surface area (Å²) >= 11 is 0. The van der Waals surface area contributed by atoms with Gasteiger partial charge in [0, 0.05) is 0 Å². The third kappa shape index (κ3) is 8.72. The first-order valence-corrected chi connectivity index (χ1v) is 10.9. The zero-order valence-electron chi connectivity index (χ0n) is 19.9. The number of aryl methyl sites for hydroxylation is 2. The summed E-state index contributed by atoms with van der Waals surface area (Å²) in [7, 11) is 0. The zero-order valence-corrected chi connectivity index (χ0v) is 19.9. The lowest BCUT2D eigenvalue weighted by molar-refractivity contribution is 0.241. The molecule has 0 spiro atoms. The minimum Gasteiger partial charge on any atom is -0.245 e. The van der Waals surface area contributed by atoms with Gasteiger partial charge in [0.25, 0.3) is 0 Å². The second-order valence-electron chi connectivity index (χ2n) is 8.42. The summed E-state index contributed by atoms with van der Waals surface area (Å²) < 4.78 is 0. The van der Waals surface area contributed by atoms with Crippen LogP contribution in [-0.4, -0.2) is 17.5 Å². The first-order chi connectivity index (χ1) is 15.2. The van der Waals surface area contributed by atoms with E-state index in [1.165, 1.54) is 11.1 Å². The van der Waals surface area contributed by atoms with Crippen molar-refractivity contribution in [2.45, 2.75) is 41.5 Å². The number of amides is 2. The van der Waals surface area contributed by atoms with E-state index in [4.69, 9.17) is 0 Å². The summed E-state index contributed by atoms with van der Waals surface area (Å²) in [5.74, 6) is 0.313. The monoisotopic (exact) mass is 430 g/mol. The molecular weight excluding hydrogens is 396 g/mol. The topological polar surface area (TPSA) is 65.8 Å². The van der Waals surface area contributed by atoms with E-state index in [2.05, 4.69) is 83.4 Å². The summed E-state index contributed by atoms with van der Waals surface area (Å²) in [4.78, 5) is 12.2. The van der Waals surface area contributed by atoms with Crippen LogP contribution in [0.25, 0.3) is 12.2 Å². The number of urea groups is 1. The van der Waals surface area contributed by atoms with Gasteiger partial charge < -0.3 is 0 Å². The zero-order chi connectivity index (χ0) is 23.5. The molecule has 2 amide bonds. The molecule has 0 saturated carbocycles. The molecule has 0 heterocycles. The van der Waals surface area contributed by atoms with Crippen molar-refractivity contribution in [2.24, 2.45) is 22.0 Å². The van der Waals surface area contributed by atoms with Crippen LogP contribution in [0.1, 0.15) is 49.9 Å². The van der Waals surface area contributed by atoms with Gasteiger partial charge in [-0.25, -0.2) is 15.6 Å². The average Bonchev–Trinajstić information content (AvgIpc) is 2.75. The van der Waals surface area contributed by atoms with Gasteiger partial charge in [-0.2, -0.15) is 10.2 Å². The third-order valence-corrected chi connectivity index (χ3v) is 4.80. The Bertz CT molecular complexity index is 913. The molecule has 0 aromatic heterocycles. The van der Waals surface area contributed by atoms with Gasteiger partial charge in [-0.1, -0.05) is 99.5 Å². The summed E-state index contributed by atoms with van der Waals surface area (Å²) in [6, 6.07) is 16.0. The highest BCUT2D eigenvalue weighted by atomic mass is 16.2. The van der Waals surface area contributed by atoms with Crippen molar-refractivity contribution in [2.75, 3.05) is 0 Å². The number of benzene rings is 2.